The molecule has 1 aliphatic heterocycles. The van der Waals surface area contributed by atoms with Crippen molar-refractivity contribution in [1.29, 1.82) is 0 Å². The van der Waals surface area contributed by atoms with E-state index in [1.165, 1.54) is 0 Å². The molecule has 0 saturated heterocycles. The van der Waals surface area contributed by atoms with Crippen LogP contribution in [0, 0.1) is 0 Å². The van der Waals surface area contributed by atoms with Gasteiger partial charge < -0.3 is 9.73 Å². The van der Waals surface area contributed by atoms with Gasteiger partial charge in [-0.3, -0.25) is 0 Å². The normalized spacial score (nSPS) is 17.0. The quantitative estimate of drug-likeness (QED) is 0.498. The van der Waals surface area contributed by atoms with Gasteiger partial charge in [0.25, 0.3) is 0 Å². The summed E-state index contributed by atoms with van der Waals surface area (Å²) in [4.78, 5) is 9.11. The number of amidine groups is 2. The van der Waals surface area contributed by atoms with Gasteiger partial charge in [-0.05, 0) is 35.4 Å². The van der Waals surface area contributed by atoms with E-state index < -0.39 is 0 Å². The molecule has 0 amide bonds. The molecule has 0 fully saturated rings. The van der Waals surface area contributed by atoms with E-state index in [1.807, 2.05) is 60.7 Å². The summed E-state index contributed by atoms with van der Waals surface area (Å²) in [5, 5.41) is 5.57. The van der Waals surface area contributed by atoms with E-state index in [0.29, 0.717) is 11.1 Å². The van der Waals surface area contributed by atoms with E-state index in [4.69, 9.17) is 21.0 Å². The van der Waals surface area contributed by atoms with Gasteiger partial charge in [0, 0.05) is 16.3 Å². The maximum atomic E-state index is 6.22. The van der Waals surface area contributed by atoms with Crippen LogP contribution in [0.2, 0.25) is 0 Å². The van der Waals surface area contributed by atoms with Gasteiger partial charge in [0.1, 0.15) is 17.0 Å². The van der Waals surface area contributed by atoms with Crippen molar-refractivity contribution >= 4 is 44.7 Å². The second-order valence-corrected chi connectivity index (χ2v) is 6.47. The summed E-state index contributed by atoms with van der Waals surface area (Å²) in [6, 6.07) is 24.0. The Labute approximate surface area is 154 Å². The van der Waals surface area contributed by atoms with Crippen LogP contribution < -0.4 is 5.32 Å². The molecule has 0 radical (unpaired) electrons. The highest BCUT2D eigenvalue weighted by molar-refractivity contribution is 6.66. The van der Waals surface area contributed by atoms with Crippen LogP contribution in [-0.4, -0.2) is 11.1 Å². The molecule has 26 heavy (non-hydrogen) atoms. The molecule has 1 aliphatic rings. The topological polar surface area (TPSA) is 49.9 Å². The van der Waals surface area contributed by atoms with Crippen LogP contribution in [-0.2, 0) is 0 Å². The van der Waals surface area contributed by atoms with Crippen molar-refractivity contribution in [2.45, 2.75) is 6.17 Å². The van der Waals surface area contributed by atoms with Crippen LogP contribution in [0.1, 0.15) is 17.3 Å². The number of benzene rings is 3. The highest BCUT2D eigenvalue weighted by Gasteiger charge is 2.19. The zero-order valence-electron chi connectivity index (χ0n) is 13.7. The highest BCUT2D eigenvalue weighted by atomic mass is 35.5. The van der Waals surface area contributed by atoms with Crippen molar-refractivity contribution in [3.05, 3.63) is 83.9 Å². The lowest BCUT2D eigenvalue weighted by atomic mass is 10.1. The second-order valence-electron chi connectivity index (χ2n) is 6.12. The fraction of sp³-hybridized carbons (Fsp3) is 0.0476. The number of hydrogen-bond donors (Lipinski definition) is 1. The summed E-state index contributed by atoms with van der Waals surface area (Å²) < 4.78 is 5.98. The van der Waals surface area contributed by atoms with Crippen molar-refractivity contribution in [3.63, 3.8) is 0 Å². The first kappa shape index (κ1) is 15.2. The number of nitrogens with zero attached hydrogens (tertiary/aromatic N) is 2. The lowest BCUT2D eigenvalue weighted by Gasteiger charge is -2.19. The smallest absolute Gasteiger partial charge is 0.199 e. The zero-order chi connectivity index (χ0) is 17.5. The first-order chi connectivity index (χ1) is 12.8. The molecule has 4 nitrogen and oxygen atoms in total. The van der Waals surface area contributed by atoms with Crippen LogP contribution in [0.3, 0.4) is 0 Å². The molecule has 4 aromatic rings. The van der Waals surface area contributed by atoms with Crippen molar-refractivity contribution < 1.29 is 4.42 Å². The third kappa shape index (κ3) is 2.55. The molecule has 0 aliphatic carbocycles. The van der Waals surface area contributed by atoms with Gasteiger partial charge in [-0.15, -0.1) is 0 Å². The molecule has 1 N–H and O–H groups in total. The van der Waals surface area contributed by atoms with Gasteiger partial charge in [-0.2, -0.15) is 0 Å². The van der Waals surface area contributed by atoms with Gasteiger partial charge >= 0.3 is 0 Å². The summed E-state index contributed by atoms with van der Waals surface area (Å²) in [5.41, 5.74) is 3.60. The molecule has 126 valence electrons. The standard InChI is InChI=1S/C21H14ClN3O/c22-21-24-19(13-6-2-1-3-7-13)23-20(25-21)14-10-11-16-15-8-4-5-9-17(15)26-18(16)12-14/h1-12,19H,(H,23,24,25). The number of nitrogens with one attached hydrogen (secondary N) is 1. The first-order valence-corrected chi connectivity index (χ1v) is 8.70. The molecule has 5 rings (SSSR count). The van der Waals surface area contributed by atoms with E-state index >= 15 is 0 Å². The largest absolute Gasteiger partial charge is 0.456 e. The molecule has 1 unspecified atom stereocenters. The zero-order valence-corrected chi connectivity index (χ0v) is 14.4. The molecule has 2 heterocycles. The van der Waals surface area contributed by atoms with Gasteiger partial charge in [-0.1, -0.05) is 54.6 Å². The SMILES string of the molecule is ClC1=NC(c2ccccc2)N=C(c2ccc3c(c2)oc2ccccc23)N1. The summed E-state index contributed by atoms with van der Waals surface area (Å²) in [6.07, 6.45) is -0.355. The molecule has 0 bridgehead atoms. The molecule has 0 saturated carbocycles. The summed E-state index contributed by atoms with van der Waals surface area (Å²) in [7, 11) is 0. The highest BCUT2D eigenvalue weighted by Crippen LogP contribution is 2.30. The van der Waals surface area contributed by atoms with Crippen molar-refractivity contribution in [1.82, 2.24) is 5.32 Å². The maximum Gasteiger partial charge on any atom is 0.199 e. The molecule has 1 aromatic heterocycles. The fourth-order valence-corrected chi connectivity index (χ4v) is 3.40. The Bertz CT molecular complexity index is 1180. The Morgan fingerprint density at radius 2 is 1.58 bits per heavy atom. The number of rotatable bonds is 2. The van der Waals surface area contributed by atoms with E-state index in [2.05, 4.69) is 22.4 Å². The number of aliphatic imine (C=N–C) groups is 2. The van der Waals surface area contributed by atoms with Gasteiger partial charge in [0.2, 0.25) is 0 Å². The number of halogens is 1. The third-order valence-corrected chi connectivity index (χ3v) is 4.65. The summed E-state index contributed by atoms with van der Waals surface area (Å²) in [5.74, 6) is 0.682. The monoisotopic (exact) mass is 359 g/mol. The Morgan fingerprint density at radius 3 is 2.46 bits per heavy atom. The van der Waals surface area contributed by atoms with Crippen molar-refractivity contribution in [2.24, 2.45) is 9.98 Å². The molecular formula is C21H14ClN3O. The van der Waals surface area contributed by atoms with Crippen LogP contribution in [0.4, 0.5) is 0 Å². The third-order valence-electron chi connectivity index (χ3n) is 4.46. The predicted molar refractivity (Wildman–Crippen MR) is 106 cm³/mol. The Hall–Kier alpha value is -3.11. The molecular weight excluding hydrogens is 346 g/mol. The minimum absolute atomic E-state index is 0.327. The van der Waals surface area contributed by atoms with Crippen LogP contribution in [0.25, 0.3) is 21.9 Å². The summed E-state index contributed by atoms with van der Waals surface area (Å²) >= 11 is 6.22. The Balaban J connectivity index is 1.60. The van der Waals surface area contributed by atoms with E-state index in [-0.39, 0.29) is 6.17 Å². The predicted octanol–water partition coefficient (Wildman–Crippen LogP) is 5.23. The maximum absolute atomic E-state index is 6.22. The summed E-state index contributed by atoms with van der Waals surface area (Å²) in [6.45, 7) is 0. The number of hydrogen-bond acceptors (Lipinski definition) is 4. The van der Waals surface area contributed by atoms with E-state index in [1.54, 1.807) is 0 Å². The average molecular weight is 360 g/mol. The lowest BCUT2D eigenvalue weighted by Crippen LogP contribution is -2.32. The number of furan rings is 1. The first-order valence-electron chi connectivity index (χ1n) is 8.33. The average Bonchev–Trinajstić information content (AvgIpc) is 3.06. The van der Waals surface area contributed by atoms with E-state index in [9.17, 15) is 0 Å². The van der Waals surface area contributed by atoms with Crippen molar-refractivity contribution in [3.8, 4) is 0 Å². The molecule has 5 heteroatoms. The Kier molecular flexibility index (Phi) is 3.50. The van der Waals surface area contributed by atoms with Gasteiger partial charge in [0.15, 0.2) is 11.5 Å². The number of fused-ring (bicyclic) bond motifs is 3. The lowest BCUT2D eigenvalue weighted by molar-refractivity contribution is 0.668. The van der Waals surface area contributed by atoms with E-state index in [0.717, 1.165) is 33.1 Å². The minimum Gasteiger partial charge on any atom is -0.456 e. The molecule has 3 aromatic carbocycles. The number of para-hydroxylation sites is 1. The minimum atomic E-state index is -0.355. The molecule has 0 spiro atoms. The van der Waals surface area contributed by atoms with Crippen LogP contribution in [0.15, 0.2) is 87.2 Å². The Morgan fingerprint density at radius 1 is 0.808 bits per heavy atom. The fourth-order valence-electron chi connectivity index (χ4n) is 3.21. The van der Waals surface area contributed by atoms with Gasteiger partial charge in [-0.25, -0.2) is 9.98 Å². The van der Waals surface area contributed by atoms with Crippen LogP contribution >= 0.6 is 11.6 Å². The van der Waals surface area contributed by atoms with Crippen molar-refractivity contribution in [2.75, 3.05) is 0 Å². The van der Waals surface area contributed by atoms with Crippen LogP contribution in [0.5, 0.6) is 0 Å². The molecule has 1 atom stereocenters. The van der Waals surface area contributed by atoms with Gasteiger partial charge in [0.05, 0.1) is 0 Å². The second kappa shape index (κ2) is 6.00.